The van der Waals surface area contributed by atoms with Crippen molar-refractivity contribution in [2.45, 2.75) is 25.9 Å². The first-order chi connectivity index (χ1) is 10.3. The SMILES string of the molecule is C[C@@H]1CN(C(=O)O)C[C@H](C)N1c1nc(N)nc(Cl)c1NC=O. The molecule has 9 nitrogen and oxygen atoms in total. The van der Waals surface area contributed by atoms with Crippen LogP contribution >= 0.6 is 11.6 Å². The van der Waals surface area contributed by atoms with Gasteiger partial charge in [0, 0.05) is 25.2 Å². The summed E-state index contributed by atoms with van der Waals surface area (Å²) in [5.74, 6) is 0.367. The maximum Gasteiger partial charge on any atom is 0.407 e. The third-order valence-electron chi connectivity index (χ3n) is 3.50. The van der Waals surface area contributed by atoms with Gasteiger partial charge in [-0.05, 0) is 13.8 Å². The zero-order valence-corrected chi connectivity index (χ0v) is 12.9. The topological polar surface area (TPSA) is 125 Å². The number of rotatable bonds is 3. The monoisotopic (exact) mass is 328 g/mol. The number of carbonyl (C=O) groups is 2. The van der Waals surface area contributed by atoms with Gasteiger partial charge in [-0.25, -0.2) is 4.79 Å². The Morgan fingerprint density at radius 2 is 2.00 bits per heavy atom. The molecule has 0 saturated carbocycles. The molecule has 4 N–H and O–H groups in total. The molecular weight excluding hydrogens is 312 g/mol. The molecule has 1 aromatic heterocycles. The Balaban J connectivity index is 2.42. The first-order valence-electron chi connectivity index (χ1n) is 6.64. The molecule has 0 radical (unpaired) electrons. The highest BCUT2D eigenvalue weighted by Crippen LogP contribution is 2.34. The summed E-state index contributed by atoms with van der Waals surface area (Å²) in [4.78, 5) is 33.1. The van der Waals surface area contributed by atoms with Crippen LogP contribution in [0.1, 0.15) is 13.8 Å². The van der Waals surface area contributed by atoms with E-state index in [2.05, 4.69) is 15.3 Å². The Bertz CT molecular complexity index is 586. The van der Waals surface area contributed by atoms with Gasteiger partial charge in [-0.3, -0.25) is 4.79 Å². The molecule has 1 saturated heterocycles. The van der Waals surface area contributed by atoms with Crippen molar-refractivity contribution in [3.05, 3.63) is 5.15 Å². The average Bonchev–Trinajstić information content (AvgIpc) is 2.41. The van der Waals surface area contributed by atoms with Crippen molar-refractivity contribution < 1.29 is 14.7 Å². The molecule has 0 unspecified atom stereocenters. The van der Waals surface area contributed by atoms with Gasteiger partial charge in [-0.1, -0.05) is 11.6 Å². The van der Waals surface area contributed by atoms with Crippen LogP contribution in [-0.2, 0) is 4.79 Å². The summed E-state index contributed by atoms with van der Waals surface area (Å²) in [6, 6.07) is -0.338. The fourth-order valence-electron chi connectivity index (χ4n) is 2.70. The van der Waals surface area contributed by atoms with Gasteiger partial charge in [0.1, 0.15) is 5.69 Å². The number of anilines is 3. The number of amides is 2. The lowest BCUT2D eigenvalue weighted by Crippen LogP contribution is -2.58. The third kappa shape index (κ3) is 2.98. The van der Waals surface area contributed by atoms with Crippen LogP contribution in [0.2, 0.25) is 5.15 Å². The van der Waals surface area contributed by atoms with Crippen LogP contribution in [0, 0.1) is 0 Å². The molecule has 2 atom stereocenters. The summed E-state index contributed by atoms with van der Waals surface area (Å²) in [5, 5.41) is 11.7. The fourth-order valence-corrected chi connectivity index (χ4v) is 2.93. The Labute approximate surface area is 132 Å². The number of piperazine rings is 1. The number of nitrogens with two attached hydrogens (primary N) is 1. The molecule has 1 aliphatic rings. The van der Waals surface area contributed by atoms with Gasteiger partial charge in [0.05, 0.1) is 0 Å². The summed E-state index contributed by atoms with van der Waals surface area (Å²) < 4.78 is 0. The van der Waals surface area contributed by atoms with E-state index in [0.29, 0.717) is 25.3 Å². The molecule has 10 heteroatoms. The quantitative estimate of drug-likeness (QED) is 0.555. The number of carbonyl (C=O) groups excluding carboxylic acids is 1. The van der Waals surface area contributed by atoms with Crippen molar-refractivity contribution in [3.63, 3.8) is 0 Å². The first kappa shape index (κ1) is 16.1. The fraction of sp³-hybridized carbons (Fsp3) is 0.500. The number of nitrogens with zero attached hydrogens (tertiary/aromatic N) is 4. The molecular formula is C12H17ClN6O3. The minimum atomic E-state index is -0.968. The van der Waals surface area contributed by atoms with Crippen molar-refractivity contribution in [2.75, 3.05) is 29.0 Å². The van der Waals surface area contributed by atoms with Crippen molar-refractivity contribution in [1.29, 1.82) is 0 Å². The van der Waals surface area contributed by atoms with Crippen molar-refractivity contribution in [3.8, 4) is 0 Å². The Kier molecular flexibility index (Phi) is 4.55. The molecule has 1 aromatic rings. The molecule has 22 heavy (non-hydrogen) atoms. The number of nitrogen functional groups attached to an aromatic ring is 1. The molecule has 0 aromatic carbocycles. The van der Waals surface area contributed by atoms with Crippen LogP contribution in [0.25, 0.3) is 0 Å². The standard InChI is InChI=1S/C12H17ClN6O3/c1-6-3-18(12(21)22)4-7(2)19(6)10-8(15-5-20)9(13)16-11(14)17-10/h5-7H,3-4H2,1-2H3,(H,15,20)(H,21,22)(H2,14,16,17)/t6-,7+. The summed E-state index contributed by atoms with van der Waals surface area (Å²) in [7, 11) is 0. The largest absolute Gasteiger partial charge is 0.465 e. The number of halogens is 1. The minimum Gasteiger partial charge on any atom is -0.465 e. The van der Waals surface area contributed by atoms with Crippen molar-refractivity contribution in [2.24, 2.45) is 0 Å². The van der Waals surface area contributed by atoms with Gasteiger partial charge >= 0.3 is 6.09 Å². The Hall–Kier alpha value is -2.29. The van der Waals surface area contributed by atoms with Gasteiger partial charge in [-0.15, -0.1) is 0 Å². The molecule has 1 fully saturated rings. The second-order valence-electron chi connectivity index (χ2n) is 5.13. The molecule has 2 amide bonds. The number of hydrogen-bond acceptors (Lipinski definition) is 6. The predicted octanol–water partition coefficient (Wildman–Crippen LogP) is 0.858. The van der Waals surface area contributed by atoms with E-state index in [0.717, 1.165) is 0 Å². The van der Waals surface area contributed by atoms with E-state index in [1.54, 1.807) is 0 Å². The molecule has 0 spiro atoms. The van der Waals surface area contributed by atoms with Crippen LogP contribution in [0.3, 0.4) is 0 Å². The maximum atomic E-state index is 11.1. The number of nitrogens with one attached hydrogen (secondary N) is 1. The summed E-state index contributed by atoms with van der Waals surface area (Å²) >= 11 is 6.02. The van der Waals surface area contributed by atoms with Crippen LogP contribution in [-0.4, -0.2) is 57.7 Å². The van der Waals surface area contributed by atoms with Gasteiger partial charge < -0.3 is 26.0 Å². The van der Waals surface area contributed by atoms with Gasteiger partial charge in [-0.2, -0.15) is 9.97 Å². The molecule has 2 heterocycles. The normalized spacial score (nSPS) is 21.6. The third-order valence-corrected chi connectivity index (χ3v) is 3.77. The summed E-state index contributed by atoms with van der Waals surface area (Å²) in [6.45, 7) is 4.34. The van der Waals surface area contributed by atoms with E-state index in [4.69, 9.17) is 22.4 Å². The number of aromatic nitrogens is 2. The molecule has 2 rings (SSSR count). The van der Waals surface area contributed by atoms with Crippen molar-refractivity contribution in [1.82, 2.24) is 14.9 Å². The summed E-state index contributed by atoms with van der Waals surface area (Å²) in [6.07, 6.45) is -0.488. The lowest BCUT2D eigenvalue weighted by Gasteiger charge is -2.44. The second kappa shape index (κ2) is 6.22. The molecule has 0 aliphatic carbocycles. The van der Waals surface area contributed by atoms with E-state index < -0.39 is 6.09 Å². The zero-order valence-electron chi connectivity index (χ0n) is 12.2. The Morgan fingerprint density at radius 1 is 1.41 bits per heavy atom. The minimum absolute atomic E-state index is 0.0171. The second-order valence-corrected chi connectivity index (χ2v) is 5.48. The number of carboxylic acid groups (broad SMARTS) is 1. The van der Waals surface area contributed by atoms with Crippen molar-refractivity contribution >= 4 is 41.6 Å². The zero-order chi connectivity index (χ0) is 16.4. The maximum absolute atomic E-state index is 11.1. The summed E-state index contributed by atoms with van der Waals surface area (Å²) in [5.41, 5.74) is 5.90. The van der Waals surface area contributed by atoms with Crippen LogP contribution < -0.4 is 16.0 Å². The van der Waals surface area contributed by atoms with E-state index in [1.807, 2.05) is 18.7 Å². The van der Waals surface area contributed by atoms with E-state index in [9.17, 15) is 9.59 Å². The van der Waals surface area contributed by atoms with Crippen LogP contribution in [0.5, 0.6) is 0 Å². The van der Waals surface area contributed by atoms with E-state index >= 15 is 0 Å². The molecule has 0 bridgehead atoms. The lowest BCUT2D eigenvalue weighted by molar-refractivity contribution is -0.105. The smallest absolute Gasteiger partial charge is 0.407 e. The molecule has 120 valence electrons. The number of hydrogen-bond donors (Lipinski definition) is 3. The van der Waals surface area contributed by atoms with Gasteiger partial charge in [0.25, 0.3) is 0 Å². The van der Waals surface area contributed by atoms with Gasteiger partial charge in [0.15, 0.2) is 11.0 Å². The van der Waals surface area contributed by atoms with E-state index in [-0.39, 0.29) is 28.9 Å². The van der Waals surface area contributed by atoms with Crippen LogP contribution in [0.15, 0.2) is 0 Å². The van der Waals surface area contributed by atoms with Gasteiger partial charge in [0.2, 0.25) is 12.4 Å². The predicted molar refractivity (Wildman–Crippen MR) is 82.1 cm³/mol. The Morgan fingerprint density at radius 3 is 2.50 bits per heavy atom. The highest BCUT2D eigenvalue weighted by molar-refractivity contribution is 6.33. The molecule has 1 aliphatic heterocycles. The lowest BCUT2D eigenvalue weighted by atomic mass is 10.1. The average molecular weight is 329 g/mol. The highest BCUT2D eigenvalue weighted by atomic mass is 35.5. The van der Waals surface area contributed by atoms with Crippen LogP contribution in [0.4, 0.5) is 22.2 Å². The van der Waals surface area contributed by atoms with E-state index in [1.165, 1.54) is 4.90 Å². The highest BCUT2D eigenvalue weighted by Gasteiger charge is 2.34. The first-order valence-corrected chi connectivity index (χ1v) is 7.02.